The third-order valence-electron chi connectivity index (χ3n) is 3.70. The van der Waals surface area contributed by atoms with E-state index in [4.69, 9.17) is 0 Å². The van der Waals surface area contributed by atoms with E-state index in [1.54, 1.807) is 0 Å². The van der Waals surface area contributed by atoms with Crippen LogP contribution in [-0.2, 0) is 0 Å². The van der Waals surface area contributed by atoms with Crippen molar-refractivity contribution in [3.63, 3.8) is 0 Å². The first kappa shape index (κ1) is 13.6. The second kappa shape index (κ2) is 5.94. The largest absolute Gasteiger partial charge is 0.348 e. The number of fused-ring (bicyclic) bond motifs is 1. The molecule has 0 bridgehead atoms. The summed E-state index contributed by atoms with van der Waals surface area (Å²) in [5.41, 5.74) is 0.737. The van der Waals surface area contributed by atoms with Crippen LogP contribution in [0.4, 0.5) is 0 Å². The smallest absolute Gasteiger partial charge is 0.252 e. The number of amides is 1. The van der Waals surface area contributed by atoms with Crippen molar-refractivity contribution in [2.45, 2.75) is 18.9 Å². The highest BCUT2D eigenvalue weighted by Crippen LogP contribution is 2.24. The van der Waals surface area contributed by atoms with Crippen LogP contribution in [0.25, 0.3) is 10.8 Å². The molecule has 2 N–H and O–H groups in total. The van der Waals surface area contributed by atoms with E-state index in [-0.39, 0.29) is 11.9 Å². The van der Waals surface area contributed by atoms with Crippen molar-refractivity contribution in [1.29, 1.82) is 0 Å². The standard InChI is InChI=1S/C16H17BrN2O/c17-12-8-11-4-1-2-6-14(11)15(9-12)16(20)19-13-5-3-7-18-10-13/h1-2,4,6,8-9,13,18H,3,5,7,10H2,(H,19,20)/t13-/m0/s1. The number of hydrogen-bond acceptors (Lipinski definition) is 2. The van der Waals surface area contributed by atoms with Crippen LogP contribution in [0.15, 0.2) is 40.9 Å². The molecule has 104 valence electrons. The summed E-state index contributed by atoms with van der Waals surface area (Å²) in [4.78, 5) is 12.5. The highest BCUT2D eigenvalue weighted by atomic mass is 79.9. The topological polar surface area (TPSA) is 41.1 Å². The molecule has 1 fully saturated rings. The minimum Gasteiger partial charge on any atom is -0.348 e. The van der Waals surface area contributed by atoms with Crippen LogP contribution < -0.4 is 10.6 Å². The van der Waals surface area contributed by atoms with Gasteiger partial charge < -0.3 is 10.6 Å². The van der Waals surface area contributed by atoms with Crippen LogP contribution >= 0.6 is 15.9 Å². The summed E-state index contributed by atoms with van der Waals surface area (Å²) in [6.07, 6.45) is 2.16. The molecule has 1 atom stereocenters. The fourth-order valence-corrected chi connectivity index (χ4v) is 3.18. The summed E-state index contributed by atoms with van der Waals surface area (Å²) in [5, 5.41) is 8.52. The predicted molar refractivity (Wildman–Crippen MR) is 85.0 cm³/mol. The van der Waals surface area contributed by atoms with Gasteiger partial charge in [-0.15, -0.1) is 0 Å². The maximum Gasteiger partial charge on any atom is 0.252 e. The summed E-state index contributed by atoms with van der Waals surface area (Å²) in [5.74, 6) is 0.0104. The zero-order valence-electron chi connectivity index (χ0n) is 11.2. The SMILES string of the molecule is O=C(N[C@H]1CCCNC1)c1cc(Br)cc2ccccc12. The van der Waals surface area contributed by atoms with Gasteiger partial charge >= 0.3 is 0 Å². The zero-order valence-corrected chi connectivity index (χ0v) is 12.7. The lowest BCUT2D eigenvalue weighted by atomic mass is 10.0. The average molecular weight is 333 g/mol. The molecule has 3 nitrogen and oxygen atoms in total. The molecule has 0 spiro atoms. The number of piperidine rings is 1. The van der Waals surface area contributed by atoms with Gasteiger partial charge in [-0.1, -0.05) is 40.2 Å². The molecule has 3 rings (SSSR count). The van der Waals surface area contributed by atoms with Gasteiger partial charge in [0.05, 0.1) is 0 Å². The quantitative estimate of drug-likeness (QED) is 0.887. The lowest BCUT2D eigenvalue weighted by Crippen LogP contribution is -2.45. The Morgan fingerprint density at radius 2 is 2.15 bits per heavy atom. The van der Waals surface area contributed by atoms with Gasteiger partial charge in [-0.3, -0.25) is 4.79 Å². The molecule has 4 heteroatoms. The molecule has 2 aromatic carbocycles. The van der Waals surface area contributed by atoms with Crippen molar-refractivity contribution < 1.29 is 4.79 Å². The van der Waals surface area contributed by atoms with E-state index < -0.39 is 0 Å². The summed E-state index contributed by atoms with van der Waals surface area (Å²) >= 11 is 3.48. The van der Waals surface area contributed by atoms with Gasteiger partial charge in [0.2, 0.25) is 0 Å². The van der Waals surface area contributed by atoms with E-state index in [2.05, 4.69) is 26.6 Å². The molecule has 1 heterocycles. The van der Waals surface area contributed by atoms with Gasteiger partial charge in [-0.25, -0.2) is 0 Å². The number of benzene rings is 2. The molecule has 1 aliphatic heterocycles. The lowest BCUT2D eigenvalue weighted by molar-refractivity contribution is 0.0932. The third kappa shape index (κ3) is 2.86. The monoisotopic (exact) mass is 332 g/mol. The fraction of sp³-hybridized carbons (Fsp3) is 0.312. The van der Waals surface area contributed by atoms with Crippen LogP contribution in [0.1, 0.15) is 23.2 Å². The average Bonchev–Trinajstić information content (AvgIpc) is 2.47. The van der Waals surface area contributed by atoms with Crippen molar-refractivity contribution in [1.82, 2.24) is 10.6 Å². The van der Waals surface area contributed by atoms with E-state index in [0.717, 1.165) is 46.7 Å². The van der Waals surface area contributed by atoms with Crippen LogP contribution in [0.5, 0.6) is 0 Å². The number of carbonyl (C=O) groups excluding carboxylic acids is 1. The Morgan fingerprint density at radius 1 is 1.30 bits per heavy atom. The first-order chi connectivity index (χ1) is 9.74. The van der Waals surface area contributed by atoms with E-state index in [9.17, 15) is 4.79 Å². The molecule has 0 unspecified atom stereocenters. The Kier molecular flexibility index (Phi) is 4.03. The summed E-state index contributed by atoms with van der Waals surface area (Å²) < 4.78 is 0.933. The van der Waals surface area contributed by atoms with Gasteiger partial charge in [0.25, 0.3) is 5.91 Å². The molecule has 0 saturated carbocycles. The van der Waals surface area contributed by atoms with Crippen molar-refractivity contribution in [2.24, 2.45) is 0 Å². The van der Waals surface area contributed by atoms with E-state index >= 15 is 0 Å². The van der Waals surface area contributed by atoms with Gasteiger partial charge in [-0.2, -0.15) is 0 Å². The Labute approximate surface area is 126 Å². The van der Waals surface area contributed by atoms with Crippen molar-refractivity contribution in [2.75, 3.05) is 13.1 Å². The van der Waals surface area contributed by atoms with Gasteiger partial charge in [0.1, 0.15) is 0 Å². The number of carbonyl (C=O) groups is 1. The summed E-state index contributed by atoms with van der Waals surface area (Å²) in [6.45, 7) is 1.91. The Hall–Kier alpha value is -1.39. The molecule has 2 aromatic rings. The molecule has 20 heavy (non-hydrogen) atoms. The van der Waals surface area contributed by atoms with E-state index in [1.807, 2.05) is 36.4 Å². The van der Waals surface area contributed by atoms with Crippen LogP contribution in [0, 0.1) is 0 Å². The minimum atomic E-state index is 0.0104. The van der Waals surface area contributed by atoms with Crippen molar-refractivity contribution >= 4 is 32.6 Å². The second-order valence-corrected chi connectivity index (χ2v) is 6.11. The van der Waals surface area contributed by atoms with Crippen molar-refractivity contribution in [3.05, 3.63) is 46.4 Å². The molecule has 0 radical (unpaired) electrons. The number of halogens is 1. The van der Waals surface area contributed by atoms with Crippen LogP contribution in [0.2, 0.25) is 0 Å². The molecular formula is C16H17BrN2O. The number of rotatable bonds is 2. The maximum absolute atomic E-state index is 12.5. The first-order valence-electron chi connectivity index (χ1n) is 6.94. The Morgan fingerprint density at radius 3 is 2.95 bits per heavy atom. The van der Waals surface area contributed by atoms with Crippen LogP contribution in [0.3, 0.4) is 0 Å². The number of nitrogens with one attached hydrogen (secondary N) is 2. The molecule has 1 saturated heterocycles. The van der Waals surface area contributed by atoms with E-state index in [1.165, 1.54) is 0 Å². The lowest BCUT2D eigenvalue weighted by Gasteiger charge is -2.24. The molecule has 1 aliphatic rings. The fourth-order valence-electron chi connectivity index (χ4n) is 2.70. The van der Waals surface area contributed by atoms with Gasteiger partial charge in [0, 0.05) is 22.6 Å². The summed E-state index contributed by atoms with van der Waals surface area (Å²) in [7, 11) is 0. The first-order valence-corrected chi connectivity index (χ1v) is 7.73. The Balaban J connectivity index is 1.90. The van der Waals surface area contributed by atoms with Crippen LogP contribution in [-0.4, -0.2) is 25.0 Å². The highest BCUT2D eigenvalue weighted by Gasteiger charge is 2.18. The third-order valence-corrected chi connectivity index (χ3v) is 4.16. The molecule has 0 aromatic heterocycles. The Bertz CT molecular complexity index is 635. The highest BCUT2D eigenvalue weighted by molar-refractivity contribution is 9.10. The zero-order chi connectivity index (χ0) is 13.9. The van der Waals surface area contributed by atoms with Crippen molar-refractivity contribution in [3.8, 4) is 0 Å². The molecular weight excluding hydrogens is 316 g/mol. The molecule has 0 aliphatic carbocycles. The normalized spacial score (nSPS) is 18.9. The van der Waals surface area contributed by atoms with E-state index in [0.29, 0.717) is 0 Å². The minimum absolute atomic E-state index is 0.0104. The maximum atomic E-state index is 12.5. The number of hydrogen-bond donors (Lipinski definition) is 2. The van der Waals surface area contributed by atoms with Gasteiger partial charge in [0.15, 0.2) is 0 Å². The predicted octanol–water partition coefficient (Wildman–Crippen LogP) is 3.08. The molecule has 1 amide bonds. The summed E-state index contributed by atoms with van der Waals surface area (Å²) in [6, 6.07) is 12.1. The van der Waals surface area contributed by atoms with Gasteiger partial charge in [-0.05, 0) is 42.3 Å². The second-order valence-electron chi connectivity index (χ2n) is 5.19.